The number of hydrogen-bond donors (Lipinski definition) is 0. The fraction of sp³-hybridized carbons (Fsp3) is 0.200. The molecule has 0 radical (unpaired) electrons. The Labute approximate surface area is 130 Å². The zero-order chi connectivity index (χ0) is 18.1. The minimum absolute atomic E-state index is 0.252. The Kier molecular flexibility index (Phi) is 4.73. The van der Waals surface area contributed by atoms with E-state index in [9.17, 15) is 35.1 Å². The highest BCUT2D eigenvalue weighted by Crippen LogP contribution is 2.42. The highest BCUT2D eigenvalue weighted by atomic mass is 19.4. The van der Waals surface area contributed by atoms with Crippen molar-refractivity contribution in [2.24, 2.45) is 0 Å². The predicted octanol–water partition coefficient (Wildman–Crippen LogP) is 6.21. The highest BCUT2D eigenvalue weighted by molar-refractivity contribution is 5.70. The summed E-state index contributed by atoms with van der Waals surface area (Å²) >= 11 is 0. The van der Waals surface area contributed by atoms with E-state index in [4.69, 9.17) is 0 Å². The topological polar surface area (TPSA) is 9.23 Å². The molecule has 0 aromatic heterocycles. The molecule has 0 fully saturated rings. The maximum atomic E-state index is 13.2. The number of alkyl halides is 8. The van der Waals surface area contributed by atoms with Crippen molar-refractivity contribution in [1.82, 2.24) is 0 Å². The fourth-order valence-electron chi connectivity index (χ4n) is 2.16. The zero-order valence-electron chi connectivity index (χ0n) is 11.6. The van der Waals surface area contributed by atoms with Crippen LogP contribution in [0.5, 0.6) is 5.75 Å². The van der Waals surface area contributed by atoms with Gasteiger partial charge in [-0.25, -0.2) is 8.78 Å². The van der Waals surface area contributed by atoms with Gasteiger partial charge in [-0.05, 0) is 29.3 Å². The maximum Gasteiger partial charge on any atom is 0.573 e. The van der Waals surface area contributed by atoms with Gasteiger partial charge >= 0.3 is 12.5 Å². The number of rotatable bonds is 3. The van der Waals surface area contributed by atoms with Gasteiger partial charge < -0.3 is 4.74 Å². The number of hydrogen-bond acceptors (Lipinski definition) is 1. The molecule has 2 rings (SSSR count). The van der Waals surface area contributed by atoms with E-state index in [1.54, 1.807) is 0 Å². The van der Waals surface area contributed by atoms with Crippen molar-refractivity contribution in [3.8, 4) is 16.9 Å². The summed E-state index contributed by atoms with van der Waals surface area (Å²) in [6.07, 6.45) is -13.5. The average Bonchev–Trinajstić information content (AvgIpc) is 2.44. The summed E-state index contributed by atoms with van der Waals surface area (Å²) in [5, 5.41) is 0. The Morgan fingerprint density at radius 1 is 0.833 bits per heavy atom. The van der Waals surface area contributed by atoms with Crippen molar-refractivity contribution in [1.29, 1.82) is 0 Å². The second-order valence-electron chi connectivity index (χ2n) is 4.64. The SMILES string of the molecule is FC(F)c1c(-c2cccc(OC(F)(F)F)c2)cccc1C(F)(F)F. The number of benzene rings is 2. The molecular weight excluding hydrogens is 348 g/mol. The highest BCUT2D eigenvalue weighted by Gasteiger charge is 2.37. The normalized spacial score (nSPS) is 12.5. The van der Waals surface area contributed by atoms with Crippen molar-refractivity contribution in [2.75, 3.05) is 0 Å². The van der Waals surface area contributed by atoms with Gasteiger partial charge in [0.2, 0.25) is 0 Å². The summed E-state index contributed by atoms with van der Waals surface area (Å²) in [6.45, 7) is 0. The Bertz CT molecular complexity index is 718. The van der Waals surface area contributed by atoms with Crippen LogP contribution in [-0.4, -0.2) is 6.36 Å². The van der Waals surface area contributed by atoms with Gasteiger partial charge in [0.25, 0.3) is 6.43 Å². The molecule has 0 aliphatic rings. The Hall–Kier alpha value is -2.32. The molecule has 0 aliphatic heterocycles. The van der Waals surface area contributed by atoms with Crippen LogP contribution in [0, 0.1) is 0 Å². The molecule has 0 spiro atoms. The van der Waals surface area contributed by atoms with E-state index in [2.05, 4.69) is 4.74 Å². The van der Waals surface area contributed by atoms with Gasteiger partial charge in [-0.15, -0.1) is 13.2 Å². The van der Waals surface area contributed by atoms with E-state index in [0.717, 1.165) is 36.4 Å². The largest absolute Gasteiger partial charge is 0.573 e. The van der Waals surface area contributed by atoms with Crippen LogP contribution in [0.4, 0.5) is 35.1 Å². The Morgan fingerprint density at radius 2 is 1.46 bits per heavy atom. The molecule has 0 saturated heterocycles. The second-order valence-corrected chi connectivity index (χ2v) is 4.64. The van der Waals surface area contributed by atoms with Crippen LogP contribution in [0.3, 0.4) is 0 Å². The molecule has 9 heteroatoms. The molecule has 0 amide bonds. The molecule has 0 N–H and O–H groups in total. The van der Waals surface area contributed by atoms with Crippen LogP contribution in [0.25, 0.3) is 11.1 Å². The summed E-state index contributed by atoms with van der Waals surface area (Å²) in [4.78, 5) is 0. The van der Waals surface area contributed by atoms with Gasteiger partial charge in [0.05, 0.1) is 5.56 Å². The van der Waals surface area contributed by atoms with E-state index >= 15 is 0 Å². The molecule has 0 bridgehead atoms. The van der Waals surface area contributed by atoms with Crippen LogP contribution in [0.1, 0.15) is 17.6 Å². The quantitative estimate of drug-likeness (QED) is 0.594. The molecule has 0 heterocycles. The monoisotopic (exact) mass is 356 g/mol. The van der Waals surface area contributed by atoms with Gasteiger partial charge in [-0.1, -0.05) is 24.3 Å². The predicted molar refractivity (Wildman–Crippen MR) is 68.5 cm³/mol. The minimum atomic E-state index is -5.03. The fourth-order valence-corrected chi connectivity index (χ4v) is 2.16. The summed E-state index contributed by atoms with van der Waals surface area (Å²) in [5.74, 6) is -0.724. The maximum absolute atomic E-state index is 13.2. The van der Waals surface area contributed by atoms with Crippen LogP contribution in [0.15, 0.2) is 42.5 Å². The molecule has 2 aromatic carbocycles. The van der Waals surface area contributed by atoms with Gasteiger partial charge in [-0.2, -0.15) is 13.2 Å². The second kappa shape index (κ2) is 6.29. The molecule has 0 aliphatic carbocycles. The first-order valence-corrected chi connectivity index (χ1v) is 6.33. The van der Waals surface area contributed by atoms with Crippen molar-refractivity contribution < 1.29 is 39.9 Å². The van der Waals surface area contributed by atoms with E-state index in [1.807, 2.05) is 0 Å². The van der Waals surface area contributed by atoms with E-state index in [1.165, 1.54) is 0 Å². The molecule has 0 saturated carbocycles. The summed E-state index contributed by atoms with van der Waals surface area (Å²) in [5.41, 5.74) is -3.61. The molecule has 0 atom stereocenters. The van der Waals surface area contributed by atoms with Crippen LogP contribution in [0.2, 0.25) is 0 Å². The van der Waals surface area contributed by atoms with Crippen LogP contribution < -0.4 is 4.74 Å². The lowest BCUT2D eigenvalue weighted by atomic mass is 9.95. The summed E-state index contributed by atoms with van der Waals surface area (Å²) < 4.78 is 105. The minimum Gasteiger partial charge on any atom is -0.406 e. The van der Waals surface area contributed by atoms with Crippen molar-refractivity contribution in [3.63, 3.8) is 0 Å². The first-order chi connectivity index (χ1) is 11.0. The lowest BCUT2D eigenvalue weighted by molar-refractivity contribution is -0.274. The van der Waals surface area contributed by atoms with Crippen LogP contribution in [-0.2, 0) is 6.18 Å². The van der Waals surface area contributed by atoms with Crippen molar-refractivity contribution in [3.05, 3.63) is 53.6 Å². The summed E-state index contributed by atoms with van der Waals surface area (Å²) in [6, 6.07) is 6.20. The third-order valence-corrected chi connectivity index (χ3v) is 3.01. The number of ether oxygens (including phenoxy) is 1. The summed E-state index contributed by atoms with van der Waals surface area (Å²) in [7, 11) is 0. The molecule has 130 valence electrons. The van der Waals surface area contributed by atoms with E-state index in [0.29, 0.717) is 6.07 Å². The first kappa shape index (κ1) is 18.0. The molecule has 0 unspecified atom stereocenters. The van der Waals surface area contributed by atoms with Gasteiger partial charge in [0.1, 0.15) is 5.75 Å². The van der Waals surface area contributed by atoms with E-state index < -0.39 is 41.4 Å². The molecular formula is C15H8F8O. The van der Waals surface area contributed by atoms with Gasteiger partial charge in [0.15, 0.2) is 0 Å². The smallest absolute Gasteiger partial charge is 0.406 e. The van der Waals surface area contributed by atoms with Crippen molar-refractivity contribution >= 4 is 0 Å². The van der Waals surface area contributed by atoms with Crippen molar-refractivity contribution in [2.45, 2.75) is 19.0 Å². The Morgan fingerprint density at radius 3 is 2.00 bits per heavy atom. The van der Waals surface area contributed by atoms with Gasteiger partial charge in [0, 0.05) is 5.56 Å². The number of halogens is 8. The lowest BCUT2D eigenvalue weighted by Crippen LogP contribution is -2.17. The van der Waals surface area contributed by atoms with Gasteiger partial charge in [-0.3, -0.25) is 0 Å². The van der Waals surface area contributed by atoms with Crippen LogP contribution >= 0.6 is 0 Å². The standard InChI is InChI=1S/C15H8F8O/c16-13(17)12-10(5-2-6-11(12)14(18,19)20)8-3-1-4-9(7-8)24-15(21,22)23/h1-7,13H. The molecule has 2 aromatic rings. The average molecular weight is 356 g/mol. The first-order valence-electron chi connectivity index (χ1n) is 6.33. The van der Waals surface area contributed by atoms with E-state index in [-0.39, 0.29) is 5.56 Å². The zero-order valence-corrected chi connectivity index (χ0v) is 11.6. The third-order valence-electron chi connectivity index (χ3n) is 3.01. The third kappa shape index (κ3) is 4.15. The Balaban J connectivity index is 2.59. The molecule has 1 nitrogen and oxygen atoms in total. The molecule has 24 heavy (non-hydrogen) atoms. The lowest BCUT2D eigenvalue weighted by Gasteiger charge is -2.17.